The molecule has 0 saturated heterocycles. The third kappa shape index (κ3) is 4.15. The van der Waals surface area contributed by atoms with E-state index in [0.717, 1.165) is 48.0 Å². The summed E-state index contributed by atoms with van der Waals surface area (Å²) in [5, 5.41) is 3.24. The smallest absolute Gasteiger partial charge is 0.138 e. The van der Waals surface area contributed by atoms with Crippen LogP contribution < -0.4 is 10.1 Å². The molecule has 0 aromatic carbocycles. The molecule has 0 fully saturated rings. The maximum Gasteiger partial charge on any atom is 0.138 e. The van der Waals surface area contributed by atoms with Gasteiger partial charge < -0.3 is 10.1 Å². The predicted octanol–water partition coefficient (Wildman–Crippen LogP) is 3.32. The van der Waals surface area contributed by atoms with E-state index in [1.54, 1.807) is 12.4 Å². The second-order valence-corrected chi connectivity index (χ2v) is 4.70. The second-order valence-electron chi connectivity index (χ2n) is 4.70. The number of hydrogen-bond acceptors (Lipinski definition) is 5. The van der Waals surface area contributed by atoms with Gasteiger partial charge in [0.15, 0.2) is 0 Å². The van der Waals surface area contributed by atoms with E-state index < -0.39 is 0 Å². The molecule has 1 N–H and O–H groups in total. The second kappa shape index (κ2) is 7.57. The van der Waals surface area contributed by atoms with Crippen LogP contribution in [0.1, 0.15) is 33.0 Å². The lowest BCUT2D eigenvalue weighted by Gasteiger charge is -2.09. The number of aromatic nitrogens is 3. The quantitative estimate of drug-likeness (QED) is 0.846. The number of anilines is 1. The first kappa shape index (κ1) is 15.2. The lowest BCUT2D eigenvalue weighted by atomic mass is 10.2. The highest BCUT2D eigenvalue weighted by atomic mass is 16.5. The van der Waals surface area contributed by atoms with E-state index >= 15 is 0 Å². The molecule has 0 atom stereocenters. The summed E-state index contributed by atoms with van der Waals surface area (Å²) in [7, 11) is 0. The fourth-order valence-electron chi connectivity index (χ4n) is 1.93. The first-order valence-electron chi connectivity index (χ1n) is 7.46. The maximum atomic E-state index is 5.63. The third-order valence-electron chi connectivity index (χ3n) is 2.93. The molecule has 0 aliphatic rings. The van der Waals surface area contributed by atoms with Crippen molar-refractivity contribution in [2.45, 2.75) is 33.6 Å². The molecule has 0 aliphatic carbocycles. The normalized spacial score (nSPS) is 10.4. The van der Waals surface area contributed by atoms with E-state index in [4.69, 9.17) is 4.74 Å². The Labute approximate surface area is 125 Å². The van der Waals surface area contributed by atoms with Crippen molar-refractivity contribution in [1.82, 2.24) is 15.0 Å². The topological polar surface area (TPSA) is 59.9 Å². The van der Waals surface area contributed by atoms with Crippen LogP contribution in [0.4, 0.5) is 5.82 Å². The summed E-state index contributed by atoms with van der Waals surface area (Å²) in [6.45, 7) is 7.70. The minimum Gasteiger partial charge on any atom is -0.492 e. The van der Waals surface area contributed by atoms with E-state index in [0.29, 0.717) is 6.61 Å². The maximum absolute atomic E-state index is 5.63. The summed E-state index contributed by atoms with van der Waals surface area (Å²) in [5.41, 5.74) is 1.81. The number of nitrogens with zero attached hydrogens (tertiary/aromatic N) is 3. The van der Waals surface area contributed by atoms with Crippen molar-refractivity contribution in [3.63, 3.8) is 0 Å². The van der Waals surface area contributed by atoms with Gasteiger partial charge in [-0.25, -0.2) is 9.97 Å². The third-order valence-corrected chi connectivity index (χ3v) is 2.93. The van der Waals surface area contributed by atoms with Gasteiger partial charge >= 0.3 is 0 Å². The molecule has 0 aliphatic heterocycles. The molecule has 0 amide bonds. The molecule has 0 spiro atoms. The number of aryl methyl sites for hydroxylation is 1. The first-order valence-corrected chi connectivity index (χ1v) is 7.46. The van der Waals surface area contributed by atoms with Gasteiger partial charge in [-0.1, -0.05) is 13.8 Å². The van der Waals surface area contributed by atoms with E-state index in [2.05, 4.69) is 27.2 Å². The molecule has 2 aromatic heterocycles. The molecular formula is C16H22N4O. The molecule has 5 nitrogen and oxygen atoms in total. The zero-order chi connectivity index (χ0) is 15.1. The molecule has 0 unspecified atom stereocenters. The fraction of sp³-hybridized carbons (Fsp3) is 0.438. The average Bonchev–Trinajstić information content (AvgIpc) is 2.53. The largest absolute Gasteiger partial charge is 0.492 e. The minimum absolute atomic E-state index is 0.692. The van der Waals surface area contributed by atoms with Gasteiger partial charge in [-0.2, -0.15) is 0 Å². The van der Waals surface area contributed by atoms with Gasteiger partial charge in [0.05, 0.1) is 18.5 Å². The van der Waals surface area contributed by atoms with E-state index in [9.17, 15) is 0 Å². The molecular weight excluding hydrogens is 264 g/mol. The zero-order valence-electron chi connectivity index (χ0n) is 12.9. The Morgan fingerprint density at radius 3 is 2.67 bits per heavy atom. The summed E-state index contributed by atoms with van der Waals surface area (Å²) in [5.74, 6) is 2.44. The van der Waals surface area contributed by atoms with Crippen LogP contribution >= 0.6 is 0 Å². The molecule has 2 aromatic rings. The molecule has 112 valence electrons. The zero-order valence-corrected chi connectivity index (χ0v) is 12.9. The number of rotatable bonds is 7. The molecule has 0 radical (unpaired) electrons. The highest BCUT2D eigenvalue weighted by molar-refractivity contribution is 5.63. The highest BCUT2D eigenvalue weighted by Crippen LogP contribution is 2.23. The molecule has 0 saturated carbocycles. The minimum atomic E-state index is 0.692. The van der Waals surface area contributed by atoms with Crippen LogP contribution in [0.2, 0.25) is 0 Å². The van der Waals surface area contributed by atoms with Gasteiger partial charge in [0.1, 0.15) is 17.4 Å². The van der Waals surface area contributed by atoms with Crippen LogP contribution in [0.3, 0.4) is 0 Å². The molecule has 5 heteroatoms. The van der Waals surface area contributed by atoms with Crippen molar-refractivity contribution in [1.29, 1.82) is 0 Å². The summed E-state index contributed by atoms with van der Waals surface area (Å²) < 4.78 is 5.63. The Morgan fingerprint density at radius 1 is 1.10 bits per heavy atom. The van der Waals surface area contributed by atoms with Gasteiger partial charge in [0.2, 0.25) is 0 Å². The van der Waals surface area contributed by atoms with Crippen LogP contribution in [0, 0.1) is 0 Å². The summed E-state index contributed by atoms with van der Waals surface area (Å²) in [6, 6.07) is 3.92. The lowest BCUT2D eigenvalue weighted by Crippen LogP contribution is -2.04. The van der Waals surface area contributed by atoms with Crippen LogP contribution in [-0.4, -0.2) is 28.1 Å². The summed E-state index contributed by atoms with van der Waals surface area (Å²) in [6.07, 6.45) is 5.30. The summed E-state index contributed by atoms with van der Waals surface area (Å²) >= 11 is 0. The molecule has 0 bridgehead atoms. The fourth-order valence-corrected chi connectivity index (χ4v) is 1.93. The van der Waals surface area contributed by atoms with Crippen molar-refractivity contribution in [3.05, 3.63) is 30.4 Å². The van der Waals surface area contributed by atoms with Crippen molar-refractivity contribution < 1.29 is 4.74 Å². The SMILES string of the molecule is CCCOc1cncc(-c2cc(NCC)nc(CC)n2)c1. The van der Waals surface area contributed by atoms with Crippen molar-refractivity contribution >= 4 is 5.82 Å². The number of pyridine rings is 1. The highest BCUT2D eigenvalue weighted by Gasteiger charge is 2.07. The first-order chi connectivity index (χ1) is 10.3. The van der Waals surface area contributed by atoms with E-state index in [1.807, 2.05) is 26.0 Å². The monoisotopic (exact) mass is 286 g/mol. The van der Waals surface area contributed by atoms with Gasteiger partial charge in [-0.15, -0.1) is 0 Å². The Bertz CT molecular complexity index is 586. The van der Waals surface area contributed by atoms with Crippen LogP contribution in [0.25, 0.3) is 11.3 Å². The lowest BCUT2D eigenvalue weighted by molar-refractivity contribution is 0.316. The standard InChI is InChI=1S/C16H22N4O/c1-4-7-21-13-8-12(10-17-11-13)14-9-16(18-6-3)20-15(5-2)19-14/h8-11H,4-7H2,1-3H3,(H,18,19,20). The molecule has 2 rings (SSSR count). The van der Waals surface area contributed by atoms with Crippen LogP contribution in [-0.2, 0) is 6.42 Å². The van der Waals surface area contributed by atoms with Crippen molar-refractivity contribution in [3.8, 4) is 17.0 Å². The Balaban J connectivity index is 2.33. The number of hydrogen-bond donors (Lipinski definition) is 1. The van der Waals surface area contributed by atoms with Gasteiger partial charge in [-0.3, -0.25) is 4.98 Å². The summed E-state index contributed by atoms with van der Waals surface area (Å²) in [4.78, 5) is 13.3. The Hall–Kier alpha value is -2.17. The number of ether oxygens (including phenoxy) is 1. The van der Waals surface area contributed by atoms with Gasteiger partial charge in [0.25, 0.3) is 0 Å². The Morgan fingerprint density at radius 2 is 1.95 bits per heavy atom. The van der Waals surface area contributed by atoms with Gasteiger partial charge in [-0.05, 0) is 19.4 Å². The Kier molecular flexibility index (Phi) is 5.49. The van der Waals surface area contributed by atoms with Gasteiger partial charge in [0, 0.05) is 30.8 Å². The molecule has 21 heavy (non-hydrogen) atoms. The van der Waals surface area contributed by atoms with E-state index in [1.165, 1.54) is 0 Å². The van der Waals surface area contributed by atoms with Crippen LogP contribution in [0.5, 0.6) is 5.75 Å². The number of nitrogens with one attached hydrogen (secondary N) is 1. The van der Waals surface area contributed by atoms with E-state index in [-0.39, 0.29) is 0 Å². The van der Waals surface area contributed by atoms with Crippen LogP contribution in [0.15, 0.2) is 24.5 Å². The predicted molar refractivity (Wildman–Crippen MR) is 84.6 cm³/mol. The van der Waals surface area contributed by atoms with Crippen molar-refractivity contribution in [2.75, 3.05) is 18.5 Å². The van der Waals surface area contributed by atoms with Crippen molar-refractivity contribution in [2.24, 2.45) is 0 Å². The molecule has 2 heterocycles. The average molecular weight is 286 g/mol.